The van der Waals surface area contributed by atoms with Crippen molar-refractivity contribution in [1.82, 2.24) is 34.2 Å². The van der Waals surface area contributed by atoms with Crippen LogP contribution in [0.25, 0.3) is 28.1 Å². The van der Waals surface area contributed by atoms with Gasteiger partial charge in [-0.3, -0.25) is 9.78 Å². The quantitative estimate of drug-likeness (QED) is 0.270. The van der Waals surface area contributed by atoms with E-state index in [-0.39, 0.29) is 17.8 Å². The Balaban J connectivity index is 1.35. The van der Waals surface area contributed by atoms with Gasteiger partial charge in [-0.05, 0) is 55.6 Å². The van der Waals surface area contributed by atoms with Crippen LogP contribution in [0.5, 0.6) is 0 Å². The van der Waals surface area contributed by atoms with Gasteiger partial charge in [0.1, 0.15) is 11.1 Å². The van der Waals surface area contributed by atoms with Gasteiger partial charge in [0.05, 0.1) is 12.2 Å². The summed E-state index contributed by atoms with van der Waals surface area (Å²) < 4.78 is 29.6. The Morgan fingerprint density at radius 3 is 2.55 bits per heavy atom. The third kappa shape index (κ3) is 5.36. The smallest absolute Gasteiger partial charge is 0.280 e. The Kier molecular flexibility index (Phi) is 7.44. The molecule has 42 heavy (non-hydrogen) atoms. The van der Waals surface area contributed by atoms with Gasteiger partial charge in [0.15, 0.2) is 11.5 Å². The number of allylic oxidation sites excluding steroid dienone is 1. The molecule has 0 spiro atoms. The van der Waals surface area contributed by atoms with Gasteiger partial charge in [-0.15, -0.1) is 6.58 Å². The molecular weight excluding hydrogens is 540 g/mol. The number of benzene rings is 1. The minimum atomic E-state index is -2.70. The molecule has 1 aromatic carbocycles. The number of piperazine rings is 1. The van der Waals surface area contributed by atoms with Gasteiger partial charge in [-0.25, -0.2) is 28.1 Å². The Bertz CT molecular complexity index is 1790. The minimum Gasteiger partial charge on any atom is -0.369 e. The zero-order valence-corrected chi connectivity index (χ0v) is 23.0. The largest absolute Gasteiger partial charge is 0.369 e. The summed E-state index contributed by atoms with van der Waals surface area (Å²) >= 11 is 0. The number of hydrogen-bond donors (Lipinski definition) is 1. The first-order chi connectivity index (χ1) is 20.4. The molecule has 1 aliphatic rings. The van der Waals surface area contributed by atoms with Crippen LogP contribution >= 0.6 is 0 Å². The van der Waals surface area contributed by atoms with Gasteiger partial charge in [-0.1, -0.05) is 12.1 Å². The van der Waals surface area contributed by atoms with Gasteiger partial charge >= 0.3 is 0 Å². The lowest BCUT2D eigenvalue weighted by Crippen LogP contribution is -2.44. The van der Waals surface area contributed by atoms with E-state index in [1.165, 1.54) is 23.1 Å². The van der Waals surface area contributed by atoms with E-state index in [9.17, 15) is 13.6 Å². The molecule has 214 valence electrons. The van der Waals surface area contributed by atoms with Gasteiger partial charge in [-0.2, -0.15) is 4.98 Å². The Hall–Kier alpha value is -4.97. The highest BCUT2D eigenvalue weighted by atomic mass is 19.3. The summed E-state index contributed by atoms with van der Waals surface area (Å²) in [5.41, 5.74) is 2.60. The summed E-state index contributed by atoms with van der Waals surface area (Å²) in [5, 5.41) is 3.54. The number of nitrogens with one attached hydrogen (secondary N) is 1. The van der Waals surface area contributed by atoms with E-state index in [0.29, 0.717) is 34.1 Å². The lowest BCUT2D eigenvalue weighted by molar-refractivity contribution is 0.146. The maximum Gasteiger partial charge on any atom is 0.280 e. The molecule has 10 nitrogen and oxygen atoms in total. The van der Waals surface area contributed by atoms with Crippen LogP contribution in [-0.4, -0.2) is 67.4 Å². The number of alkyl halides is 2. The zero-order chi connectivity index (χ0) is 29.2. The number of pyridine rings is 2. The molecule has 5 aromatic rings. The first-order valence-corrected chi connectivity index (χ1v) is 13.5. The average Bonchev–Trinajstić information content (AvgIpc) is 3.28. The van der Waals surface area contributed by atoms with E-state index in [0.717, 1.165) is 37.6 Å². The van der Waals surface area contributed by atoms with Crippen molar-refractivity contribution in [3.8, 4) is 17.1 Å². The molecule has 1 saturated heterocycles. The summed E-state index contributed by atoms with van der Waals surface area (Å²) in [4.78, 5) is 35.5. The van der Waals surface area contributed by atoms with Crippen molar-refractivity contribution in [3.63, 3.8) is 0 Å². The highest BCUT2D eigenvalue weighted by molar-refractivity contribution is 5.77. The second kappa shape index (κ2) is 11.5. The highest BCUT2D eigenvalue weighted by Gasteiger charge is 2.19. The van der Waals surface area contributed by atoms with Gasteiger partial charge < -0.3 is 15.1 Å². The first-order valence-electron chi connectivity index (χ1n) is 13.5. The Morgan fingerprint density at radius 1 is 1.02 bits per heavy atom. The third-order valence-electron chi connectivity index (χ3n) is 7.22. The van der Waals surface area contributed by atoms with E-state index in [1.807, 2.05) is 12.1 Å². The maximum absolute atomic E-state index is 13.3. The number of nitrogens with zero attached hydrogens (tertiary/aromatic N) is 8. The molecule has 4 aromatic heterocycles. The molecule has 0 saturated carbocycles. The highest BCUT2D eigenvalue weighted by Crippen LogP contribution is 2.25. The molecule has 0 unspecified atom stereocenters. The van der Waals surface area contributed by atoms with Crippen LogP contribution in [0.1, 0.15) is 12.1 Å². The second-order valence-corrected chi connectivity index (χ2v) is 10.0. The van der Waals surface area contributed by atoms with Crippen molar-refractivity contribution in [3.05, 3.63) is 95.7 Å². The predicted octanol–water partition coefficient (Wildman–Crippen LogP) is 4.66. The Morgan fingerprint density at radius 2 is 1.81 bits per heavy atom. The minimum absolute atomic E-state index is 0.197. The van der Waals surface area contributed by atoms with Crippen molar-refractivity contribution in [1.29, 1.82) is 0 Å². The van der Waals surface area contributed by atoms with E-state index < -0.39 is 6.43 Å². The number of hydrogen-bond acceptors (Lipinski definition) is 8. The molecule has 0 atom stereocenters. The van der Waals surface area contributed by atoms with Crippen LogP contribution in [0.15, 0.2) is 84.4 Å². The fraction of sp³-hybridized carbons (Fsp3) is 0.233. The van der Waals surface area contributed by atoms with Crippen molar-refractivity contribution < 1.29 is 8.78 Å². The van der Waals surface area contributed by atoms with Crippen molar-refractivity contribution in [2.45, 2.75) is 13.0 Å². The summed E-state index contributed by atoms with van der Waals surface area (Å²) in [6.45, 7) is 7.99. The van der Waals surface area contributed by atoms with Crippen LogP contribution in [0, 0.1) is 0 Å². The number of anilines is 3. The number of halogens is 2. The Labute approximate surface area is 240 Å². The van der Waals surface area contributed by atoms with Crippen molar-refractivity contribution in [2.75, 3.05) is 43.4 Å². The monoisotopic (exact) mass is 569 g/mol. The molecule has 1 aliphatic heterocycles. The maximum atomic E-state index is 13.3. The van der Waals surface area contributed by atoms with E-state index in [4.69, 9.17) is 9.97 Å². The first kappa shape index (κ1) is 27.2. The second-order valence-electron chi connectivity index (χ2n) is 10.0. The van der Waals surface area contributed by atoms with Crippen molar-refractivity contribution in [2.24, 2.45) is 0 Å². The predicted molar refractivity (Wildman–Crippen MR) is 159 cm³/mol. The van der Waals surface area contributed by atoms with E-state index in [2.05, 4.69) is 50.8 Å². The van der Waals surface area contributed by atoms with Gasteiger partial charge in [0.2, 0.25) is 5.95 Å². The topological polar surface area (TPSA) is 97.0 Å². The van der Waals surface area contributed by atoms with Crippen LogP contribution in [0.2, 0.25) is 0 Å². The molecule has 1 N–H and O–H groups in total. The third-order valence-corrected chi connectivity index (χ3v) is 7.22. The molecule has 0 bridgehead atoms. The van der Waals surface area contributed by atoms with E-state index >= 15 is 0 Å². The van der Waals surface area contributed by atoms with Crippen LogP contribution in [-0.2, 0) is 6.54 Å². The number of rotatable bonds is 8. The van der Waals surface area contributed by atoms with Crippen molar-refractivity contribution >= 4 is 28.4 Å². The van der Waals surface area contributed by atoms with E-state index in [1.54, 1.807) is 35.0 Å². The fourth-order valence-electron chi connectivity index (χ4n) is 4.99. The lowest BCUT2D eigenvalue weighted by atomic mass is 10.1. The molecule has 0 aliphatic carbocycles. The van der Waals surface area contributed by atoms with Crippen LogP contribution in [0.3, 0.4) is 0 Å². The van der Waals surface area contributed by atoms with Gasteiger partial charge in [0.25, 0.3) is 12.0 Å². The number of aromatic nitrogens is 6. The summed E-state index contributed by atoms with van der Waals surface area (Å²) in [5.74, 6) is 0.698. The summed E-state index contributed by atoms with van der Waals surface area (Å²) in [7, 11) is 2.13. The molecule has 0 radical (unpaired) electrons. The molecule has 12 heteroatoms. The SMILES string of the molecule is C=CCn1c(=O)c2cnc(Nc3ccc(N4CCN(C)CC4)cc3)nc2n1-c1cccc(-c2ccnc(C(F)F)c2)n1. The summed E-state index contributed by atoms with van der Waals surface area (Å²) in [6.07, 6.45) is 1.72. The molecule has 6 rings (SSSR count). The lowest BCUT2D eigenvalue weighted by Gasteiger charge is -2.34. The van der Waals surface area contributed by atoms with Gasteiger partial charge in [0, 0.05) is 55.5 Å². The molecular formula is C30H29F2N9O. The molecule has 5 heterocycles. The summed E-state index contributed by atoms with van der Waals surface area (Å²) in [6, 6.07) is 16.2. The standard InChI is InChI=1S/C30H29F2N9O/c1-3-13-40-29(42)23-19-34-30(35-21-7-9-22(10-8-21)39-16-14-38(2)15-17-39)37-28(23)41(40)26-6-4-5-24(36-26)20-11-12-33-25(18-20)27(31)32/h3-12,18-19,27H,1,13-17H2,2H3,(H,34,35,37). The fourth-order valence-corrected chi connectivity index (χ4v) is 4.99. The van der Waals surface area contributed by atoms with Crippen LogP contribution < -0.4 is 15.8 Å². The normalized spacial score (nSPS) is 14.0. The number of fused-ring (bicyclic) bond motifs is 1. The van der Waals surface area contributed by atoms with Crippen LogP contribution in [0.4, 0.5) is 26.1 Å². The molecule has 0 amide bonds. The zero-order valence-electron chi connectivity index (χ0n) is 23.0. The molecule has 1 fully saturated rings. The number of likely N-dealkylation sites (N-methyl/N-ethyl adjacent to an activating group) is 1. The average molecular weight is 570 g/mol.